The highest BCUT2D eigenvalue weighted by atomic mass is 35.5. The van der Waals surface area contributed by atoms with Gasteiger partial charge in [0.05, 0.1) is 27.8 Å². The summed E-state index contributed by atoms with van der Waals surface area (Å²) in [6.45, 7) is 1.48. The van der Waals surface area contributed by atoms with Crippen LogP contribution in [0.2, 0.25) is 5.02 Å². The van der Waals surface area contributed by atoms with E-state index in [1.54, 1.807) is 0 Å². The number of carbonyl (C=O) groups excluding carboxylic acids is 3. The number of rotatable bonds is 6. The second kappa shape index (κ2) is 9.86. The molecule has 202 valence electrons. The van der Waals surface area contributed by atoms with E-state index in [2.05, 4.69) is 4.74 Å². The van der Waals surface area contributed by atoms with Crippen molar-refractivity contribution in [1.82, 2.24) is 0 Å². The normalized spacial score (nSPS) is 21.3. The number of halogens is 4. The number of carbonyl (C=O) groups is 3. The summed E-state index contributed by atoms with van der Waals surface area (Å²) in [4.78, 5) is 39.4. The van der Waals surface area contributed by atoms with Gasteiger partial charge in [0.2, 0.25) is 11.4 Å². The van der Waals surface area contributed by atoms with Crippen LogP contribution in [-0.4, -0.2) is 49.6 Å². The van der Waals surface area contributed by atoms with Crippen molar-refractivity contribution in [2.75, 3.05) is 21.3 Å². The first-order valence-electron chi connectivity index (χ1n) is 11.3. The third-order valence-corrected chi connectivity index (χ3v) is 7.22. The lowest BCUT2D eigenvalue weighted by Gasteiger charge is -2.38. The molecule has 0 saturated carbocycles. The molecule has 0 saturated heterocycles. The molecule has 12 heteroatoms. The summed E-state index contributed by atoms with van der Waals surface area (Å²) in [5.41, 5.74) is -3.16. The number of methoxy groups -OCH3 is 3. The number of fused-ring (bicyclic) bond motifs is 1. The minimum Gasteiger partial charge on any atom is -0.507 e. The first-order chi connectivity index (χ1) is 17.9. The molecule has 3 atom stereocenters. The lowest BCUT2D eigenvalue weighted by molar-refractivity contribution is -0.140. The second-order valence-electron chi connectivity index (χ2n) is 8.89. The molecule has 0 aromatic heterocycles. The van der Waals surface area contributed by atoms with Crippen LogP contribution in [0.1, 0.15) is 41.6 Å². The van der Waals surface area contributed by atoms with E-state index in [0.29, 0.717) is 12.1 Å². The van der Waals surface area contributed by atoms with Gasteiger partial charge in [0.1, 0.15) is 22.1 Å². The Kier molecular flexibility index (Phi) is 7.09. The van der Waals surface area contributed by atoms with E-state index in [1.165, 1.54) is 27.2 Å². The Hall–Kier alpha value is -3.73. The number of Topliss-reactive ketones (excluding diaryl/α,β-unsaturated/α-hetero) is 2. The molecule has 2 aromatic carbocycles. The van der Waals surface area contributed by atoms with Gasteiger partial charge < -0.3 is 24.1 Å². The van der Waals surface area contributed by atoms with Crippen molar-refractivity contribution in [2.24, 2.45) is 5.92 Å². The van der Waals surface area contributed by atoms with Gasteiger partial charge in [-0.15, -0.1) is 0 Å². The summed E-state index contributed by atoms with van der Waals surface area (Å²) in [6, 6.07) is 2.55. The van der Waals surface area contributed by atoms with Crippen molar-refractivity contribution < 1.29 is 51.6 Å². The molecule has 1 aliphatic carbocycles. The van der Waals surface area contributed by atoms with Gasteiger partial charge >= 0.3 is 5.97 Å². The van der Waals surface area contributed by atoms with Gasteiger partial charge in [-0.2, -0.15) is 0 Å². The van der Waals surface area contributed by atoms with Gasteiger partial charge in [-0.1, -0.05) is 18.5 Å². The molecular formula is C26H22ClF3O8. The van der Waals surface area contributed by atoms with Crippen molar-refractivity contribution in [3.05, 3.63) is 63.1 Å². The van der Waals surface area contributed by atoms with Crippen LogP contribution in [0.5, 0.6) is 17.2 Å². The molecule has 0 radical (unpaired) electrons. The smallest absolute Gasteiger partial charge is 0.306 e. The van der Waals surface area contributed by atoms with E-state index in [-0.39, 0.29) is 39.8 Å². The predicted molar refractivity (Wildman–Crippen MR) is 126 cm³/mol. The average molecular weight is 555 g/mol. The van der Waals surface area contributed by atoms with Crippen molar-refractivity contribution in [3.63, 3.8) is 0 Å². The number of ether oxygens (including phenoxy) is 4. The number of allylic oxidation sites excluding steroid dienone is 1. The van der Waals surface area contributed by atoms with Crippen LogP contribution < -0.4 is 14.2 Å². The molecule has 0 amide bonds. The van der Waals surface area contributed by atoms with Crippen LogP contribution in [0.25, 0.3) is 0 Å². The molecule has 1 N–H and O–H groups in total. The summed E-state index contributed by atoms with van der Waals surface area (Å²) < 4.78 is 63.2. The van der Waals surface area contributed by atoms with Crippen LogP contribution in [0.15, 0.2) is 29.5 Å². The van der Waals surface area contributed by atoms with E-state index in [4.69, 9.17) is 25.8 Å². The fourth-order valence-corrected chi connectivity index (χ4v) is 5.22. The summed E-state index contributed by atoms with van der Waals surface area (Å²) in [5, 5.41) is 11.5. The zero-order valence-corrected chi connectivity index (χ0v) is 21.4. The van der Waals surface area contributed by atoms with Gasteiger partial charge in [-0.25, -0.2) is 13.2 Å². The maximum atomic E-state index is 14.2. The fraction of sp³-hybridized carbons (Fsp3) is 0.346. The highest BCUT2D eigenvalue weighted by Gasteiger charge is 2.61. The van der Waals surface area contributed by atoms with Gasteiger partial charge in [0.25, 0.3) is 0 Å². The Bertz CT molecular complexity index is 1380. The zero-order valence-electron chi connectivity index (χ0n) is 20.6. The molecule has 1 unspecified atom stereocenters. The Balaban J connectivity index is 1.98. The maximum absolute atomic E-state index is 14.2. The zero-order chi connectivity index (χ0) is 28.1. The van der Waals surface area contributed by atoms with Crippen molar-refractivity contribution in [3.8, 4) is 17.2 Å². The van der Waals surface area contributed by atoms with Crippen molar-refractivity contribution in [1.29, 1.82) is 0 Å². The van der Waals surface area contributed by atoms with Crippen LogP contribution in [-0.2, 0) is 14.3 Å². The summed E-state index contributed by atoms with van der Waals surface area (Å²) in [7, 11) is 3.67. The van der Waals surface area contributed by atoms with Crippen molar-refractivity contribution >= 4 is 29.1 Å². The highest BCUT2D eigenvalue weighted by Crippen LogP contribution is 2.55. The molecule has 0 fully saturated rings. The molecule has 1 aliphatic heterocycles. The molecule has 2 aliphatic rings. The van der Waals surface area contributed by atoms with E-state index in [1.807, 2.05) is 0 Å². The molecule has 0 bridgehead atoms. The Morgan fingerprint density at radius 3 is 2.29 bits per heavy atom. The molecule has 1 spiro atoms. The first kappa shape index (κ1) is 27.3. The predicted octanol–water partition coefficient (Wildman–Crippen LogP) is 4.86. The maximum Gasteiger partial charge on any atom is 0.306 e. The topological polar surface area (TPSA) is 108 Å². The molecule has 8 nitrogen and oxygen atoms in total. The number of hydrogen-bond acceptors (Lipinski definition) is 8. The van der Waals surface area contributed by atoms with Crippen LogP contribution in [0.3, 0.4) is 0 Å². The van der Waals surface area contributed by atoms with E-state index in [9.17, 15) is 32.7 Å². The molecular weight excluding hydrogens is 533 g/mol. The number of hydrogen-bond donors (Lipinski definition) is 1. The van der Waals surface area contributed by atoms with Gasteiger partial charge in [-0.3, -0.25) is 14.4 Å². The number of aliphatic hydroxyl groups is 1. The third kappa shape index (κ3) is 3.96. The number of esters is 1. The molecule has 2 aromatic rings. The summed E-state index contributed by atoms with van der Waals surface area (Å²) in [6.07, 6.45) is -1.03. The largest absolute Gasteiger partial charge is 0.507 e. The average Bonchev–Trinajstić information content (AvgIpc) is 3.20. The fourth-order valence-electron chi connectivity index (χ4n) is 4.95. The molecule has 4 rings (SSSR count). The van der Waals surface area contributed by atoms with Crippen LogP contribution in [0.4, 0.5) is 13.2 Å². The van der Waals surface area contributed by atoms with Crippen LogP contribution >= 0.6 is 11.6 Å². The summed E-state index contributed by atoms with van der Waals surface area (Å²) >= 11 is 6.40. The SMILES string of the molecule is COC(=O)CC(C1=C(O)[C@@]2(Oc3c(Cl)c(OC)cc(OC)c3C2=O)[C@H](C)CC1=O)c1cc(F)c(F)c(F)c1. The number of benzene rings is 2. The monoisotopic (exact) mass is 554 g/mol. The van der Waals surface area contributed by atoms with Crippen molar-refractivity contribution in [2.45, 2.75) is 31.3 Å². The lowest BCUT2D eigenvalue weighted by atomic mass is 9.69. The van der Waals surface area contributed by atoms with Gasteiger partial charge in [0.15, 0.2) is 34.7 Å². The Labute approximate surface area is 219 Å². The van der Waals surface area contributed by atoms with Gasteiger partial charge in [0, 0.05) is 29.9 Å². The number of ketones is 2. The quantitative estimate of drug-likeness (QED) is 0.398. The minimum absolute atomic E-state index is 0.0235. The van der Waals surface area contributed by atoms with E-state index < -0.39 is 70.2 Å². The number of aliphatic hydroxyl groups excluding tert-OH is 1. The standard InChI is InChI=1S/C26H22ClF3O8/c1-10-5-15(31)19(12(8-18(32)37-4)11-6-13(28)22(30)14(29)7-11)24(33)26(10)25(34)20-16(35-2)9-17(36-3)21(27)23(20)38-26/h6-7,9-10,12,33H,5,8H2,1-4H3/t10-,12?,26+/m1/s1. The van der Waals surface area contributed by atoms with Gasteiger partial charge in [-0.05, 0) is 17.7 Å². The minimum atomic E-state index is -2.19. The summed E-state index contributed by atoms with van der Waals surface area (Å²) in [5.74, 6) is -10.7. The highest BCUT2D eigenvalue weighted by molar-refractivity contribution is 6.35. The Morgan fingerprint density at radius 1 is 1.13 bits per heavy atom. The van der Waals surface area contributed by atoms with Crippen LogP contribution in [0, 0.1) is 23.4 Å². The molecule has 1 heterocycles. The first-order valence-corrected chi connectivity index (χ1v) is 11.7. The van der Waals surface area contributed by atoms with E-state index in [0.717, 1.165) is 7.11 Å². The lowest BCUT2D eigenvalue weighted by Crippen LogP contribution is -2.53. The second-order valence-corrected chi connectivity index (χ2v) is 9.27. The third-order valence-electron chi connectivity index (χ3n) is 6.87. The molecule has 38 heavy (non-hydrogen) atoms. The Morgan fingerprint density at radius 2 is 1.74 bits per heavy atom. The van der Waals surface area contributed by atoms with E-state index >= 15 is 0 Å².